The summed E-state index contributed by atoms with van der Waals surface area (Å²) in [6, 6.07) is 0.301. The molecule has 1 saturated heterocycles. The van der Waals surface area contributed by atoms with Gasteiger partial charge in [-0.25, -0.2) is 12.7 Å². The average molecular weight is 349 g/mol. The highest BCUT2D eigenvalue weighted by Gasteiger charge is 2.27. The van der Waals surface area contributed by atoms with Crippen molar-refractivity contribution >= 4 is 10.0 Å². The third kappa shape index (κ3) is 3.64. The van der Waals surface area contributed by atoms with Crippen LogP contribution in [0, 0.1) is 0 Å². The van der Waals surface area contributed by atoms with Gasteiger partial charge in [0.2, 0.25) is 10.0 Å². The van der Waals surface area contributed by atoms with E-state index in [0.717, 1.165) is 29.8 Å². The van der Waals surface area contributed by atoms with Crippen LogP contribution in [0.5, 0.6) is 0 Å². The maximum absolute atomic E-state index is 11.7. The molecule has 1 aliphatic rings. The first kappa shape index (κ1) is 17.0. The van der Waals surface area contributed by atoms with Gasteiger partial charge in [-0.15, -0.1) is 0 Å². The van der Waals surface area contributed by atoms with Crippen molar-refractivity contribution in [2.24, 2.45) is 0 Å². The summed E-state index contributed by atoms with van der Waals surface area (Å²) in [4.78, 5) is 9.03. The Morgan fingerprint density at radius 3 is 2.58 bits per heavy atom. The summed E-state index contributed by atoms with van der Waals surface area (Å²) in [7, 11) is -3.15. The van der Waals surface area contributed by atoms with E-state index in [1.54, 1.807) is 18.6 Å². The molecule has 130 valence electrons. The third-order valence-corrected chi connectivity index (χ3v) is 5.64. The Labute approximate surface area is 142 Å². The van der Waals surface area contributed by atoms with Gasteiger partial charge in [0, 0.05) is 43.0 Å². The van der Waals surface area contributed by atoms with Gasteiger partial charge in [-0.2, -0.15) is 5.10 Å². The van der Waals surface area contributed by atoms with Crippen LogP contribution in [0.3, 0.4) is 0 Å². The molecule has 0 aromatic carbocycles. The maximum Gasteiger partial charge on any atom is 0.211 e. The second kappa shape index (κ2) is 6.60. The van der Waals surface area contributed by atoms with Gasteiger partial charge in [0.1, 0.15) is 0 Å². The number of sulfonamides is 1. The zero-order valence-corrected chi connectivity index (χ0v) is 15.1. The van der Waals surface area contributed by atoms with Crippen LogP contribution in [-0.2, 0) is 10.0 Å². The number of hydrogen-bond donors (Lipinski definition) is 0. The minimum Gasteiger partial charge on any atom is -0.270 e. The van der Waals surface area contributed by atoms with E-state index in [-0.39, 0.29) is 5.92 Å². The van der Waals surface area contributed by atoms with Crippen LogP contribution < -0.4 is 0 Å². The number of piperidine rings is 1. The molecule has 8 heteroatoms. The molecule has 3 rings (SSSR count). The van der Waals surface area contributed by atoms with Crippen molar-refractivity contribution in [2.45, 2.75) is 38.6 Å². The smallest absolute Gasteiger partial charge is 0.211 e. The van der Waals surface area contributed by atoms with Gasteiger partial charge in [-0.05, 0) is 26.7 Å². The molecule has 0 saturated carbocycles. The van der Waals surface area contributed by atoms with E-state index >= 15 is 0 Å². The number of hydrogen-bond acceptors (Lipinski definition) is 5. The van der Waals surface area contributed by atoms with Gasteiger partial charge in [-0.1, -0.05) is 0 Å². The topological polar surface area (TPSA) is 81.0 Å². The molecule has 3 heterocycles. The molecule has 2 aromatic heterocycles. The van der Waals surface area contributed by atoms with Gasteiger partial charge >= 0.3 is 0 Å². The first-order chi connectivity index (χ1) is 11.3. The molecule has 0 aliphatic carbocycles. The van der Waals surface area contributed by atoms with Crippen LogP contribution >= 0.6 is 0 Å². The van der Waals surface area contributed by atoms with E-state index in [9.17, 15) is 8.42 Å². The van der Waals surface area contributed by atoms with Crippen LogP contribution in [0.25, 0.3) is 11.3 Å². The van der Waals surface area contributed by atoms with E-state index in [1.807, 2.05) is 10.9 Å². The number of rotatable bonds is 4. The Morgan fingerprint density at radius 2 is 2.00 bits per heavy atom. The van der Waals surface area contributed by atoms with Crippen molar-refractivity contribution in [2.75, 3.05) is 19.3 Å². The minimum absolute atomic E-state index is 0.105. The molecule has 0 amide bonds. The lowest BCUT2D eigenvalue weighted by molar-refractivity contribution is 0.314. The highest BCUT2D eigenvalue weighted by Crippen LogP contribution is 2.27. The number of aromatic nitrogens is 4. The molecule has 0 bridgehead atoms. The third-order valence-electron chi connectivity index (χ3n) is 4.37. The molecular weight excluding hydrogens is 326 g/mol. The number of nitrogens with zero attached hydrogens (tertiary/aromatic N) is 5. The lowest BCUT2D eigenvalue weighted by atomic mass is 9.96. The Hall–Kier alpha value is -1.80. The lowest BCUT2D eigenvalue weighted by Crippen LogP contribution is -2.38. The van der Waals surface area contributed by atoms with E-state index in [4.69, 9.17) is 0 Å². The first-order valence-corrected chi connectivity index (χ1v) is 10.0. The minimum atomic E-state index is -3.15. The Morgan fingerprint density at radius 1 is 1.21 bits per heavy atom. The Balaban J connectivity index is 1.76. The van der Waals surface area contributed by atoms with Crippen LogP contribution in [0.2, 0.25) is 0 Å². The Kier molecular flexibility index (Phi) is 4.69. The van der Waals surface area contributed by atoms with Crippen molar-refractivity contribution in [3.8, 4) is 11.3 Å². The molecule has 1 aliphatic heterocycles. The van der Waals surface area contributed by atoms with Crippen LogP contribution in [0.4, 0.5) is 0 Å². The molecule has 1 unspecified atom stereocenters. The second-order valence-corrected chi connectivity index (χ2v) is 8.57. The monoisotopic (exact) mass is 349 g/mol. The van der Waals surface area contributed by atoms with Gasteiger partial charge in [0.25, 0.3) is 0 Å². The molecule has 1 fully saturated rings. The van der Waals surface area contributed by atoms with Crippen molar-refractivity contribution in [3.05, 3.63) is 30.5 Å². The largest absolute Gasteiger partial charge is 0.270 e. The van der Waals surface area contributed by atoms with Crippen LogP contribution in [0.15, 0.2) is 24.8 Å². The van der Waals surface area contributed by atoms with Crippen LogP contribution in [0.1, 0.15) is 44.3 Å². The van der Waals surface area contributed by atoms with E-state index in [1.165, 1.54) is 10.6 Å². The van der Waals surface area contributed by atoms with Gasteiger partial charge in [-0.3, -0.25) is 14.6 Å². The summed E-state index contributed by atoms with van der Waals surface area (Å²) >= 11 is 0. The highest BCUT2D eigenvalue weighted by molar-refractivity contribution is 7.88. The van der Waals surface area contributed by atoms with Crippen LogP contribution in [-0.4, -0.2) is 51.8 Å². The predicted molar refractivity (Wildman–Crippen MR) is 92.0 cm³/mol. The summed E-state index contributed by atoms with van der Waals surface area (Å²) in [6.45, 7) is 5.22. The van der Waals surface area contributed by atoms with Gasteiger partial charge < -0.3 is 0 Å². The molecular formula is C16H23N5O2S. The summed E-state index contributed by atoms with van der Waals surface area (Å²) in [5.74, 6) is 0.105. The van der Waals surface area contributed by atoms with Gasteiger partial charge in [0.15, 0.2) is 0 Å². The second-order valence-electron chi connectivity index (χ2n) is 6.59. The molecule has 0 spiro atoms. The van der Waals surface area contributed by atoms with Crippen molar-refractivity contribution < 1.29 is 8.42 Å². The zero-order valence-electron chi connectivity index (χ0n) is 14.3. The van der Waals surface area contributed by atoms with E-state index in [2.05, 4.69) is 28.9 Å². The highest BCUT2D eigenvalue weighted by atomic mass is 32.2. The Bertz CT molecular complexity index is 798. The van der Waals surface area contributed by atoms with Crippen molar-refractivity contribution in [1.29, 1.82) is 0 Å². The lowest BCUT2D eigenvalue weighted by Gasteiger charge is -2.30. The molecule has 7 nitrogen and oxygen atoms in total. The quantitative estimate of drug-likeness (QED) is 0.844. The molecule has 24 heavy (non-hydrogen) atoms. The van der Waals surface area contributed by atoms with Crippen molar-refractivity contribution in [3.63, 3.8) is 0 Å². The standard InChI is InChI=1S/C16H23N5O2S/c1-12(2)21-11-14(7-19-21)16-9-17-15(8-18-16)13-5-4-6-20(10-13)24(3,22)23/h7-9,11-13H,4-6,10H2,1-3H3. The van der Waals surface area contributed by atoms with Gasteiger partial charge in [0.05, 0.1) is 30.0 Å². The summed E-state index contributed by atoms with van der Waals surface area (Å²) < 4.78 is 26.9. The molecule has 0 radical (unpaired) electrons. The normalized spacial score (nSPS) is 19.8. The predicted octanol–water partition coefficient (Wildman–Crippen LogP) is 2.06. The molecule has 0 N–H and O–H groups in total. The summed E-state index contributed by atoms with van der Waals surface area (Å²) in [5.41, 5.74) is 2.56. The molecule has 2 aromatic rings. The maximum atomic E-state index is 11.7. The summed E-state index contributed by atoms with van der Waals surface area (Å²) in [5, 5.41) is 4.32. The fourth-order valence-corrected chi connectivity index (χ4v) is 3.85. The SMILES string of the molecule is CC(C)n1cc(-c2cnc(C3CCCN(S(C)(=O)=O)C3)cn2)cn1. The summed E-state index contributed by atoms with van der Waals surface area (Å²) in [6.07, 6.45) is 10.3. The van der Waals surface area contributed by atoms with E-state index < -0.39 is 10.0 Å². The van der Waals surface area contributed by atoms with E-state index in [0.29, 0.717) is 19.1 Å². The fraction of sp³-hybridized carbons (Fsp3) is 0.562. The van der Waals surface area contributed by atoms with Crippen molar-refractivity contribution in [1.82, 2.24) is 24.1 Å². The average Bonchev–Trinajstić information content (AvgIpc) is 3.05. The zero-order chi connectivity index (χ0) is 17.3. The molecule has 1 atom stereocenters. The fourth-order valence-electron chi connectivity index (χ4n) is 2.94. The first-order valence-electron chi connectivity index (χ1n) is 8.16.